The zero-order valence-corrected chi connectivity index (χ0v) is 11.8. The van der Waals surface area contributed by atoms with E-state index < -0.39 is 0 Å². The molecule has 0 spiro atoms. The van der Waals surface area contributed by atoms with E-state index in [1.165, 1.54) is 6.42 Å². The van der Waals surface area contributed by atoms with Gasteiger partial charge in [-0.05, 0) is 37.8 Å². The molecule has 1 aliphatic carbocycles. The molecule has 1 amide bonds. The number of hydrogen-bond donors (Lipinski definition) is 2. The van der Waals surface area contributed by atoms with Crippen LogP contribution in [-0.4, -0.2) is 36.7 Å². The zero-order chi connectivity index (χ0) is 13.9. The molecule has 108 valence electrons. The molecule has 0 aromatic carbocycles. The Labute approximate surface area is 119 Å². The average molecular weight is 275 g/mol. The summed E-state index contributed by atoms with van der Waals surface area (Å²) < 4.78 is 5.78. The van der Waals surface area contributed by atoms with Crippen molar-refractivity contribution in [3.8, 4) is 0 Å². The van der Waals surface area contributed by atoms with E-state index >= 15 is 0 Å². The fourth-order valence-electron chi connectivity index (χ4n) is 3.37. The summed E-state index contributed by atoms with van der Waals surface area (Å²) in [4.78, 5) is 16.2. The molecule has 2 fully saturated rings. The third kappa shape index (κ3) is 2.50. The Kier molecular flexibility index (Phi) is 3.87. The fraction of sp³-hybridized carbons (Fsp3) is 0.600. The second kappa shape index (κ2) is 5.79. The van der Waals surface area contributed by atoms with Gasteiger partial charge >= 0.3 is 0 Å². The molecule has 1 aliphatic heterocycles. The lowest BCUT2D eigenvalue weighted by molar-refractivity contribution is 0.0619. The largest absolute Gasteiger partial charge is 0.378 e. The number of nitrogens with one attached hydrogen (secondary N) is 2. The second-order valence-corrected chi connectivity index (χ2v) is 5.52. The minimum atomic E-state index is -0.101. The summed E-state index contributed by atoms with van der Waals surface area (Å²) in [5.41, 5.74) is 0.607. The number of pyridine rings is 1. The summed E-state index contributed by atoms with van der Waals surface area (Å²) in [6.45, 7) is 0.859. The van der Waals surface area contributed by atoms with Crippen molar-refractivity contribution in [2.45, 2.75) is 37.8 Å². The van der Waals surface area contributed by atoms with Gasteiger partial charge in [0.1, 0.15) is 5.82 Å². The quantitative estimate of drug-likeness (QED) is 0.883. The topological polar surface area (TPSA) is 63.2 Å². The molecule has 20 heavy (non-hydrogen) atoms. The number of carbonyl (C=O) groups is 1. The summed E-state index contributed by atoms with van der Waals surface area (Å²) >= 11 is 0. The van der Waals surface area contributed by atoms with Crippen LogP contribution in [-0.2, 0) is 4.74 Å². The number of anilines is 1. The van der Waals surface area contributed by atoms with Crippen molar-refractivity contribution < 1.29 is 9.53 Å². The van der Waals surface area contributed by atoms with E-state index in [1.54, 1.807) is 25.4 Å². The van der Waals surface area contributed by atoms with Crippen molar-refractivity contribution in [1.29, 1.82) is 0 Å². The van der Waals surface area contributed by atoms with Crippen LogP contribution in [0.15, 0.2) is 18.3 Å². The maximum atomic E-state index is 11.9. The number of amides is 1. The van der Waals surface area contributed by atoms with Crippen molar-refractivity contribution >= 4 is 11.7 Å². The number of nitrogens with zero attached hydrogens (tertiary/aromatic N) is 1. The highest BCUT2D eigenvalue weighted by atomic mass is 16.5. The van der Waals surface area contributed by atoms with E-state index in [-0.39, 0.29) is 5.91 Å². The van der Waals surface area contributed by atoms with Crippen molar-refractivity contribution in [2.24, 2.45) is 5.92 Å². The van der Waals surface area contributed by atoms with Gasteiger partial charge in [-0.1, -0.05) is 0 Å². The monoisotopic (exact) mass is 275 g/mol. The Morgan fingerprint density at radius 1 is 1.40 bits per heavy atom. The Bertz CT molecular complexity index is 492. The molecule has 1 aromatic rings. The van der Waals surface area contributed by atoms with Crippen molar-refractivity contribution in [3.05, 3.63) is 23.9 Å². The van der Waals surface area contributed by atoms with Gasteiger partial charge in [-0.25, -0.2) is 4.98 Å². The number of aromatic nitrogens is 1. The van der Waals surface area contributed by atoms with Gasteiger partial charge in [-0.2, -0.15) is 0 Å². The van der Waals surface area contributed by atoms with Crippen LogP contribution in [0.1, 0.15) is 36.0 Å². The van der Waals surface area contributed by atoms with Gasteiger partial charge in [0.15, 0.2) is 0 Å². The normalized spacial score (nSPS) is 28.8. The Balaban J connectivity index is 1.78. The highest BCUT2D eigenvalue weighted by Gasteiger charge is 2.38. The van der Waals surface area contributed by atoms with Crippen molar-refractivity contribution in [3.63, 3.8) is 0 Å². The standard InChI is InChI=1S/C15H21N3O2/c1-16-15(19)11-4-3-8-17-14(11)18-12-5-2-6-13-10(12)7-9-20-13/h3-4,8,10,12-13H,2,5-7,9H2,1H3,(H,16,19)(H,17,18). The maximum absolute atomic E-state index is 11.9. The van der Waals surface area contributed by atoms with E-state index in [4.69, 9.17) is 4.74 Å². The van der Waals surface area contributed by atoms with Crippen LogP contribution in [0.5, 0.6) is 0 Å². The molecule has 1 saturated carbocycles. The number of carbonyl (C=O) groups excluding carboxylic acids is 1. The summed E-state index contributed by atoms with van der Waals surface area (Å²) in [5.74, 6) is 1.13. The molecule has 2 aliphatic rings. The average Bonchev–Trinajstić information content (AvgIpc) is 2.96. The molecule has 1 saturated heterocycles. The number of rotatable bonds is 3. The van der Waals surface area contributed by atoms with Gasteiger partial charge in [0, 0.05) is 31.8 Å². The molecule has 5 heteroatoms. The van der Waals surface area contributed by atoms with Crippen molar-refractivity contribution in [2.75, 3.05) is 19.0 Å². The molecule has 0 radical (unpaired) electrons. The van der Waals surface area contributed by atoms with Crippen LogP contribution in [0.2, 0.25) is 0 Å². The molecular weight excluding hydrogens is 254 g/mol. The van der Waals surface area contributed by atoms with Gasteiger partial charge in [0.25, 0.3) is 5.91 Å². The number of fused-ring (bicyclic) bond motifs is 1. The van der Waals surface area contributed by atoms with Gasteiger partial charge in [-0.3, -0.25) is 4.79 Å². The van der Waals surface area contributed by atoms with E-state index in [0.717, 1.165) is 25.9 Å². The highest BCUT2D eigenvalue weighted by molar-refractivity contribution is 5.98. The molecular formula is C15H21N3O2. The third-order valence-electron chi connectivity index (χ3n) is 4.38. The molecule has 1 aromatic heterocycles. The van der Waals surface area contributed by atoms with Crippen LogP contribution in [0.4, 0.5) is 5.82 Å². The minimum Gasteiger partial charge on any atom is -0.378 e. The fourth-order valence-corrected chi connectivity index (χ4v) is 3.37. The molecule has 3 unspecified atom stereocenters. The summed E-state index contributed by atoms with van der Waals surface area (Å²) in [7, 11) is 1.64. The first-order valence-electron chi connectivity index (χ1n) is 7.35. The smallest absolute Gasteiger partial charge is 0.254 e. The molecule has 5 nitrogen and oxygen atoms in total. The predicted octanol–water partition coefficient (Wildman–Crippen LogP) is 1.81. The maximum Gasteiger partial charge on any atom is 0.254 e. The van der Waals surface area contributed by atoms with Crippen molar-refractivity contribution in [1.82, 2.24) is 10.3 Å². The third-order valence-corrected chi connectivity index (χ3v) is 4.38. The SMILES string of the molecule is CNC(=O)c1cccnc1NC1CCCC2OCCC12. The Hall–Kier alpha value is -1.62. The first-order valence-corrected chi connectivity index (χ1v) is 7.35. The van der Waals surface area contributed by atoms with Gasteiger partial charge < -0.3 is 15.4 Å². The van der Waals surface area contributed by atoms with Crippen LogP contribution in [0, 0.1) is 5.92 Å². The predicted molar refractivity (Wildman–Crippen MR) is 76.7 cm³/mol. The number of ether oxygens (including phenoxy) is 1. The molecule has 2 heterocycles. The summed E-state index contributed by atoms with van der Waals surface area (Å²) in [5, 5.41) is 6.15. The summed E-state index contributed by atoms with van der Waals surface area (Å²) in [6.07, 6.45) is 6.65. The van der Waals surface area contributed by atoms with E-state index in [2.05, 4.69) is 15.6 Å². The van der Waals surface area contributed by atoms with E-state index in [9.17, 15) is 4.79 Å². The lowest BCUT2D eigenvalue weighted by Gasteiger charge is -2.33. The van der Waals surface area contributed by atoms with E-state index in [1.807, 2.05) is 0 Å². The Morgan fingerprint density at radius 3 is 3.15 bits per heavy atom. The van der Waals surface area contributed by atoms with Gasteiger partial charge in [0.05, 0.1) is 11.7 Å². The first kappa shape index (κ1) is 13.4. The molecule has 3 atom stereocenters. The highest BCUT2D eigenvalue weighted by Crippen LogP contribution is 2.36. The summed E-state index contributed by atoms with van der Waals surface area (Å²) in [6, 6.07) is 3.95. The molecule has 3 rings (SSSR count). The van der Waals surface area contributed by atoms with E-state index in [0.29, 0.717) is 29.4 Å². The lowest BCUT2D eigenvalue weighted by atomic mass is 9.82. The van der Waals surface area contributed by atoms with Crippen LogP contribution >= 0.6 is 0 Å². The van der Waals surface area contributed by atoms with Crippen LogP contribution < -0.4 is 10.6 Å². The molecule has 2 N–H and O–H groups in total. The lowest BCUT2D eigenvalue weighted by Crippen LogP contribution is -2.39. The van der Waals surface area contributed by atoms with Gasteiger partial charge in [0.2, 0.25) is 0 Å². The van der Waals surface area contributed by atoms with Crippen LogP contribution in [0.25, 0.3) is 0 Å². The van der Waals surface area contributed by atoms with Gasteiger partial charge in [-0.15, -0.1) is 0 Å². The minimum absolute atomic E-state index is 0.101. The number of hydrogen-bond acceptors (Lipinski definition) is 4. The molecule has 0 bridgehead atoms. The second-order valence-electron chi connectivity index (χ2n) is 5.52. The zero-order valence-electron chi connectivity index (χ0n) is 11.8. The Morgan fingerprint density at radius 2 is 2.30 bits per heavy atom. The first-order chi connectivity index (χ1) is 9.79. The van der Waals surface area contributed by atoms with Crippen LogP contribution in [0.3, 0.4) is 0 Å².